The van der Waals surface area contributed by atoms with Gasteiger partial charge in [0.25, 0.3) is 5.91 Å². The number of anilines is 1. The topological polar surface area (TPSA) is 71.1 Å². The number of rotatable bonds is 4. The molecule has 0 radical (unpaired) electrons. The lowest BCUT2D eigenvalue weighted by molar-refractivity contribution is -0.115. The van der Waals surface area contributed by atoms with Gasteiger partial charge >= 0.3 is 0 Å². The van der Waals surface area contributed by atoms with Gasteiger partial charge in [0, 0.05) is 16.9 Å². The summed E-state index contributed by atoms with van der Waals surface area (Å²) in [5.74, 6) is -0.724. The van der Waals surface area contributed by atoms with Crippen LogP contribution in [0.1, 0.15) is 16.1 Å². The van der Waals surface area contributed by atoms with Crippen molar-refractivity contribution >= 4 is 29.1 Å². The maximum Gasteiger partial charge on any atom is 0.270 e. The summed E-state index contributed by atoms with van der Waals surface area (Å²) in [6, 6.07) is 10.2. The number of nitrogens with one attached hydrogen (secondary N) is 2. The summed E-state index contributed by atoms with van der Waals surface area (Å²) in [6.07, 6.45) is 1.52. The van der Waals surface area contributed by atoms with E-state index in [1.807, 2.05) is 6.92 Å². The molecule has 1 aromatic heterocycles. The average Bonchev–Trinajstić information content (AvgIpc) is 2.50. The average molecular weight is 304 g/mol. The van der Waals surface area contributed by atoms with Gasteiger partial charge in [0.2, 0.25) is 5.91 Å². The summed E-state index contributed by atoms with van der Waals surface area (Å²) in [6.45, 7) is 1.67. The van der Waals surface area contributed by atoms with Crippen molar-refractivity contribution in [3.05, 3.63) is 58.9 Å². The molecule has 0 aliphatic rings. The highest BCUT2D eigenvalue weighted by Gasteiger charge is 2.10. The minimum absolute atomic E-state index is 0.138. The van der Waals surface area contributed by atoms with Gasteiger partial charge in [-0.3, -0.25) is 14.6 Å². The molecule has 2 N–H and O–H groups in total. The molecule has 2 aromatic rings. The van der Waals surface area contributed by atoms with E-state index in [1.165, 1.54) is 6.20 Å². The van der Waals surface area contributed by atoms with Crippen LogP contribution >= 0.6 is 11.6 Å². The number of nitrogens with zero attached hydrogens (tertiary/aromatic N) is 1. The quantitative estimate of drug-likeness (QED) is 0.911. The Kier molecular flexibility index (Phi) is 4.90. The third-order valence-electron chi connectivity index (χ3n) is 2.85. The molecule has 0 aliphatic heterocycles. The highest BCUT2D eigenvalue weighted by molar-refractivity contribution is 6.31. The fourth-order valence-electron chi connectivity index (χ4n) is 1.69. The molecule has 0 spiro atoms. The van der Waals surface area contributed by atoms with Crippen molar-refractivity contribution in [1.82, 2.24) is 10.3 Å². The molecule has 5 nitrogen and oxygen atoms in total. The van der Waals surface area contributed by atoms with Crippen LogP contribution in [0.25, 0.3) is 0 Å². The zero-order valence-corrected chi connectivity index (χ0v) is 12.1. The third-order valence-corrected chi connectivity index (χ3v) is 3.26. The molecule has 21 heavy (non-hydrogen) atoms. The van der Waals surface area contributed by atoms with Crippen molar-refractivity contribution in [3.8, 4) is 0 Å². The molecule has 2 amide bonds. The Hall–Kier alpha value is -2.40. The molecular formula is C15H14ClN3O2. The summed E-state index contributed by atoms with van der Waals surface area (Å²) in [5.41, 5.74) is 1.67. The van der Waals surface area contributed by atoms with E-state index in [4.69, 9.17) is 11.6 Å². The lowest BCUT2D eigenvalue weighted by Crippen LogP contribution is -2.33. The Balaban J connectivity index is 1.91. The number of carbonyl (C=O) groups excluding carboxylic acids is 2. The van der Waals surface area contributed by atoms with Gasteiger partial charge in [0.15, 0.2) is 0 Å². The minimum Gasteiger partial charge on any atom is -0.342 e. The monoisotopic (exact) mass is 303 g/mol. The molecule has 0 atom stereocenters. The number of amides is 2. The summed E-state index contributed by atoms with van der Waals surface area (Å²) in [4.78, 5) is 27.5. The van der Waals surface area contributed by atoms with E-state index in [2.05, 4.69) is 15.6 Å². The Morgan fingerprint density at radius 3 is 2.71 bits per heavy atom. The van der Waals surface area contributed by atoms with Crippen molar-refractivity contribution in [2.75, 3.05) is 11.9 Å². The van der Waals surface area contributed by atoms with E-state index in [-0.39, 0.29) is 18.1 Å². The first-order valence-corrected chi connectivity index (χ1v) is 6.70. The van der Waals surface area contributed by atoms with Crippen molar-refractivity contribution in [2.24, 2.45) is 0 Å². The van der Waals surface area contributed by atoms with Crippen LogP contribution in [-0.2, 0) is 4.79 Å². The number of benzene rings is 1. The lowest BCUT2D eigenvalue weighted by Gasteiger charge is -2.10. The Morgan fingerprint density at radius 1 is 1.19 bits per heavy atom. The van der Waals surface area contributed by atoms with Gasteiger partial charge in [-0.2, -0.15) is 0 Å². The van der Waals surface area contributed by atoms with Crippen molar-refractivity contribution in [1.29, 1.82) is 0 Å². The Bertz CT molecular complexity index is 659. The van der Waals surface area contributed by atoms with Gasteiger partial charge in [-0.05, 0) is 36.8 Å². The maximum absolute atomic E-state index is 11.8. The molecule has 6 heteroatoms. The molecular weight excluding hydrogens is 290 g/mol. The first-order valence-electron chi connectivity index (χ1n) is 6.32. The van der Waals surface area contributed by atoms with Crippen LogP contribution < -0.4 is 10.6 Å². The van der Waals surface area contributed by atoms with Gasteiger partial charge in [-0.15, -0.1) is 0 Å². The summed E-state index contributed by atoms with van der Waals surface area (Å²) < 4.78 is 0. The van der Waals surface area contributed by atoms with Gasteiger partial charge in [-0.1, -0.05) is 23.7 Å². The molecule has 0 unspecified atom stereocenters. The van der Waals surface area contributed by atoms with Crippen molar-refractivity contribution in [3.63, 3.8) is 0 Å². The third kappa shape index (κ3) is 4.03. The van der Waals surface area contributed by atoms with Crippen LogP contribution in [0.3, 0.4) is 0 Å². The molecule has 0 saturated heterocycles. The molecule has 108 valence electrons. The van der Waals surface area contributed by atoms with Crippen molar-refractivity contribution in [2.45, 2.75) is 6.92 Å². The fraction of sp³-hybridized carbons (Fsp3) is 0.133. The van der Waals surface area contributed by atoms with Crippen molar-refractivity contribution < 1.29 is 9.59 Å². The SMILES string of the molecule is Cc1c(Cl)cccc1NC(=O)CNC(=O)c1ccccn1. The van der Waals surface area contributed by atoms with Crippen LogP contribution in [0.15, 0.2) is 42.6 Å². The highest BCUT2D eigenvalue weighted by atomic mass is 35.5. The number of carbonyl (C=O) groups is 2. The zero-order valence-electron chi connectivity index (χ0n) is 11.4. The Labute approximate surface area is 127 Å². The number of pyridine rings is 1. The van der Waals surface area contributed by atoms with E-state index < -0.39 is 5.91 Å². The molecule has 0 fully saturated rings. The van der Waals surface area contributed by atoms with E-state index in [0.717, 1.165) is 5.56 Å². The van der Waals surface area contributed by atoms with Crippen LogP contribution in [-0.4, -0.2) is 23.3 Å². The first-order chi connectivity index (χ1) is 10.1. The predicted molar refractivity (Wildman–Crippen MR) is 81.4 cm³/mol. The number of aromatic nitrogens is 1. The smallest absolute Gasteiger partial charge is 0.270 e. The van der Waals surface area contributed by atoms with Crippen LogP contribution in [0.2, 0.25) is 5.02 Å². The van der Waals surface area contributed by atoms with Gasteiger partial charge in [0.1, 0.15) is 5.69 Å². The number of hydrogen-bond donors (Lipinski definition) is 2. The number of halogens is 1. The second-order valence-electron chi connectivity index (χ2n) is 4.36. The van der Waals surface area contributed by atoms with Gasteiger partial charge in [-0.25, -0.2) is 0 Å². The molecule has 2 rings (SSSR count). The maximum atomic E-state index is 11.8. The van der Waals surface area contributed by atoms with E-state index >= 15 is 0 Å². The van der Waals surface area contributed by atoms with E-state index in [9.17, 15) is 9.59 Å². The highest BCUT2D eigenvalue weighted by Crippen LogP contribution is 2.22. The fourth-order valence-corrected chi connectivity index (χ4v) is 1.86. The zero-order chi connectivity index (χ0) is 15.2. The molecule has 1 aromatic carbocycles. The normalized spacial score (nSPS) is 10.0. The first kappa shape index (κ1) is 15.0. The molecule has 1 heterocycles. The van der Waals surface area contributed by atoms with Crippen LogP contribution in [0.4, 0.5) is 5.69 Å². The number of hydrogen-bond acceptors (Lipinski definition) is 3. The molecule has 0 saturated carbocycles. The van der Waals surface area contributed by atoms with Crippen LogP contribution in [0.5, 0.6) is 0 Å². The summed E-state index contributed by atoms with van der Waals surface area (Å²) >= 11 is 5.98. The van der Waals surface area contributed by atoms with Crippen LogP contribution in [0, 0.1) is 6.92 Å². The standard InChI is InChI=1S/C15H14ClN3O2/c1-10-11(16)5-4-7-12(10)19-14(20)9-18-15(21)13-6-2-3-8-17-13/h2-8H,9H2,1H3,(H,18,21)(H,19,20). The molecule has 0 aliphatic carbocycles. The second kappa shape index (κ2) is 6.85. The molecule has 0 bridgehead atoms. The van der Waals surface area contributed by atoms with Gasteiger partial charge < -0.3 is 10.6 Å². The largest absolute Gasteiger partial charge is 0.342 e. The summed E-state index contributed by atoms with van der Waals surface area (Å²) in [5, 5.41) is 5.78. The van der Waals surface area contributed by atoms with E-state index in [1.54, 1.807) is 36.4 Å². The van der Waals surface area contributed by atoms with E-state index in [0.29, 0.717) is 10.7 Å². The predicted octanol–water partition coefficient (Wildman–Crippen LogP) is 2.41. The summed E-state index contributed by atoms with van der Waals surface area (Å²) in [7, 11) is 0. The lowest BCUT2D eigenvalue weighted by atomic mass is 10.2. The van der Waals surface area contributed by atoms with Gasteiger partial charge in [0.05, 0.1) is 6.54 Å². The second-order valence-corrected chi connectivity index (χ2v) is 4.77. The minimum atomic E-state index is -0.395. The Morgan fingerprint density at radius 2 is 2.00 bits per heavy atom.